The summed E-state index contributed by atoms with van der Waals surface area (Å²) < 4.78 is 5.14. The summed E-state index contributed by atoms with van der Waals surface area (Å²) in [7, 11) is 1.66. The van der Waals surface area contributed by atoms with E-state index in [4.69, 9.17) is 10.5 Å². The molecule has 5 heteroatoms. The topological polar surface area (TPSA) is 38.5 Å². The van der Waals surface area contributed by atoms with Gasteiger partial charge in [-0.1, -0.05) is 0 Å². The fraction of sp³-hybridized carbons (Fsp3) is 0.500. The third-order valence-corrected chi connectivity index (χ3v) is 2.93. The van der Waals surface area contributed by atoms with Crippen LogP contribution in [0.4, 0.5) is 11.4 Å². The summed E-state index contributed by atoms with van der Waals surface area (Å²) >= 11 is 0. The summed E-state index contributed by atoms with van der Waals surface area (Å²) in [4.78, 5) is 2.36. The Labute approximate surface area is 115 Å². The number of piperidine rings is 1. The second-order valence-electron chi connectivity index (χ2n) is 3.97. The van der Waals surface area contributed by atoms with Crippen LogP contribution >= 0.6 is 24.8 Å². The SMILES string of the molecule is COc1ccc(N2CCCCC2)c(N)c1.Cl.Cl. The van der Waals surface area contributed by atoms with Gasteiger partial charge in [0, 0.05) is 19.2 Å². The van der Waals surface area contributed by atoms with Gasteiger partial charge in [0.1, 0.15) is 5.75 Å². The first-order valence-electron chi connectivity index (χ1n) is 5.50. The summed E-state index contributed by atoms with van der Waals surface area (Å²) in [5, 5.41) is 0. The van der Waals surface area contributed by atoms with Gasteiger partial charge in [-0.2, -0.15) is 0 Å². The highest BCUT2D eigenvalue weighted by atomic mass is 35.5. The zero-order chi connectivity index (χ0) is 10.7. The zero-order valence-corrected chi connectivity index (χ0v) is 11.6. The molecule has 2 N–H and O–H groups in total. The van der Waals surface area contributed by atoms with E-state index in [0.29, 0.717) is 0 Å². The Kier molecular flexibility index (Phi) is 7.16. The molecule has 1 aromatic carbocycles. The quantitative estimate of drug-likeness (QED) is 0.845. The monoisotopic (exact) mass is 278 g/mol. The highest BCUT2D eigenvalue weighted by Crippen LogP contribution is 2.29. The van der Waals surface area contributed by atoms with Gasteiger partial charge in [-0.3, -0.25) is 0 Å². The second-order valence-corrected chi connectivity index (χ2v) is 3.97. The van der Waals surface area contributed by atoms with Crippen molar-refractivity contribution in [2.45, 2.75) is 19.3 Å². The standard InChI is InChI=1S/C12H18N2O.2ClH/c1-15-10-5-6-12(11(13)9-10)14-7-3-2-4-8-14;;/h5-6,9H,2-4,7-8,13H2,1H3;2*1H. The third-order valence-electron chi connectivity index (χ3n) is 2.93. The Balaban J connectivity index is 0.00000128. The molecule has 0 bridgehead atoms. The van der Waals surface area contributed by atoms with Gasteiger partial charge in [0.2, 0.25) is 0 Å². The van der Waals surface area contributed by atoms with Crippen molar-refractivity contribution in [3.8, 4) is 5.75 Å². The number of nitrogen functional groups attached to an aromatic ring is 1. The molecular formula is C12H20Cl2N2O. The molecule has 98 valence electrons. The molecule has 0 atom stereocenters. The van der Waals surface area contributed by atoms with Crippen molar-refractivity contribution >= 4 is 36.2 Å². The number of nitrogens with zero attached hydrogens (tertiary/aromatic N) is 1. The first-order chi connectivity index (χ1) is 7.31. The number of methoxy groups -OCH3 is 1. The van der Waals surface area contributed by atoms with E-state index < -0.39 is 0 Å². The van der Waals surface area contributed by atoms with E-state index in [2.05, 4.69) is 11.0 Å². The minimum Gasteiger partial charge on any atom is -0.497 e. The number of nitrogens with two attached hydrogens (primary N) is 1. The molecule has 2 rings (SSSR count). The van der Waals surface area contributed by atoms with Crippen LogP contribution in [0.5, 0.6) is 5.75 Å². The first kappa shape index (κ1) is 16.2. The van der Waals surface area contributed by atoms with E-state index in [9.17, 15) is 0 Å². The third kappa shape index (κ3) is 3.86. The van der Waals surface area contributed by atoms with Gasteiger partial charge in [0.15, 0.2) is 0 Å². The molecule has 1 saturated heterocycles. The largest absolute Gasteiger partial charge is 0.497 e. The lowest BCUT2D eigenvalue weighted by molar-refractivity contribution is 0.415. The van der Waals surface area contributed by atoms with E-state index in [1.165, 1.54) is 19.3 Å². The van der Waals surface area contributed by atoms with Crippen molar-refractivity contribution in [2.75, 3.05) is 30.8 Å². The summed E-state index contributed by atoms with van der Waals surface area (Å²) in [6, 6.07) is 5.92. The number of anilines is 2. The number of hydrogen-bond acceptors (Lipinski definition) is 3. The maximum absolute atomic E-state index is 6.01. The Hall–Kier alpha value is -0.800. The fourth-order valence-electron chi connectivity index (χ4n) is 2.08. The molecule has 0 amide bonds. The number of benzene rings is 1. The molecular weight excluding hydrogens is 259 g/mol. The van der Waals surface area contributed by atoms with Crippen molar-refractivity contribution in [1.82, 2.24) is 0 Å². The van der Waals surface area contributed by atoms with Gasteiger partial charge >= 0.3 is 0 Å². The number of hydrogen-bond donors (Lipinski definition) is 1. The number of rotatable bonds is 2. The van der Waals surface area contributed by atoms with E-state index >= 15 is 0 Å². The minimum atomic E-state index is 0. The van der Waals surface area contributed by atoms with Crippen molar-refractivity contribution in [3.63, 3.8) is 0 Å². The highest BCUT2D eigenvalue weighted by Gasteiger charge is 2.13. The number of halogens is 2. The molecule has 0 spiro atoms. The van der Waals surface area contributed by atoms with Crippen LogP contribution in [-0.4, -0.2) is 20.2 Å². The summed E-state index contributed by atoms with van der Waals surface area (Å²) in [6.07, 6.45) is 3.88. The van der Waals surface area contributed by atoms with Gasteiger partial charge in [-0.05, 0) is 31.4 Å². The maximum Gasteiger partial charge on any atom is 0.121 e. The van der Waals surface area contributed by atoms with Gasteiger partial charge < -0.3 is 15.4 Å². The molecule has 3 nitrogen and oxygen atoms in total. The van der Waals surface area contributed by atoms with E-state index in [1.54, 1.807) is 7.11 Å². The van der Waals surface area contributed by atoms with Crippen LogP contribution in [0.1, 0.15) is 19.3 Å². The fourth-order valence-corrected chi connectivity index (χ4v) is 2.08. The molecule has 1 heterocycles. The molecule has 0 saturated carbocycles. The maximum atomic E-state index is 6.01. The summed E-state index contributed by atoms with van der Waals surface area (Å²) in [6.45, 7) is 2.24. The molecule has 0 unspecified atom stereocenters. The van der Waals surface area contributed by atoms with Crippen LogP contribution < -0.4 is 15.4 Å². The lowest BCUT2D eigenvalue weighted by atomic mass is 10.1. The van der Waals surface area contributed by atoms with Crippen LogP contribution in [-0.2, 0) is 0 Å². The van der Waals surface area contributed by atoms with Crippen molar-refractivity contribution in [2.24, 2.45) is 0 Å². The normalized spacial score (nSPS) is 14.5. The minimum absolute atomic E-state index is 0. The lowest BCUT2D eigenvalue weighted by Gasteiger charge is -2.29. The molecule has 17 heavy (non-hydrogen) atoms. The first-order valence-corrected chi connectivity index (χ1v) is 5.50. The van der Waals surface area contributed by atoms with Crippen molar-refractivity contribution < 1.29 is 4.74 Å². The molecule has 0 aliphatic carbocycles. The van der Waals surface area contributed by atoms with Crippen molar-refractivity contribution in [3.05, 3.63) is 18.2 Å². The van der Waals surface area contributed by atoms with E-state index in [0.717, 1.165) is 30.2 Å². The second kappa shape index (κ2) is 7.51. The summed E-state index contributed by atoms with van der Waals surface area (Å²) in [5.74, 6) is 0.827. The van der Waals surface area contributed by atoms with Crippen molar-refractivity contribution in [1.29, 1.82) is 0 Å². The Bertz CT molecular complexity index is 341. The van der Waals surface area contributed by atoms with Gasteiger partial charge in [-0.15, -0.1) is 24.8 Å². The Morgan fingerprint density at radius 1 is 1.12 bits per heavy atom. The van der Waals surface area contributed by atoms with Gasteiger partial charge in [-0.25, -0.2) is 0 Å². The smallest absolute Gasteiger partial charge is 0.121 e. The molecule has 1 fully saturated rings. The molecule has 1 aliphatic rings. The average Bonchev–Trinajstić information content (AvgIpc) is 2.30. The van der Waals surface area contributed by atoms with Crippen LogP contribution in [0.2, 0.25) is 0 Å². The Morgan fingerprint density at radius 2 is 1.76 bits per heavy atom. The van der Waals surface area contributed by atoms with Crippen LogP contribution in [0.15, 0.2) is 18.2 Å². The molecule has 0 radical (unpaired) electrons. The summed E-state index contributed by atoms with van der Waals surface area (Å²) in [5.41, 5.74) is 7.97. The predicted molar refractivity (Wildman–Crippen MR) is 78.0 cm³/mol. The van der Waals surface area contributed by atoms with E-state index in [1.807, 2.05) is 12.1 Å². The zero-order valence-electron chi connectivity index (χ0n) is 10.0. The highest BCUT2D eigenvalue weighted by molar-refractivity contribution is 5.85. The van der Waals surface area contributed by atoms with E-state index in [-0.39, 0.29) is 24.8 Å². The molecule has 1 aliphatic heterocycles. The molecule has 1 aromatic rings. The number of ether oxygens (including phenoxy) is 1. The predicted octanol–water partition coefficient (Wildman–Crippen LogP) is 3.11. The van der Waals surface area contributed by atoms with Gasteiger partial charge in [0.05, 0.1) is 18.5 Å². The van der Waals surface area contributed by atoms with Gasteiger partial charge in [0.25, 0.3) is 0 Å². The lowest BCUT2D eigenvalue weighted by Crippen LogP contribution is -2.29. The Morgan fingerprint density at radius 3 is 2.29 bits per heavy atom. The van der Waals surface area contributed by atoms with Crippen LogP contribution in [0.25, 0.3) is 0 Å². The molecule has 0 aromatic heterocycles. The van der Waals surface area contributed by atoms with Crippen LogP contribution in [0, 0.1) is 0 Å². The van der Waals surface area contributed by atoms with Crippen LogP contribution in [0.3, 0.4) is 0 Å². The average molecular weight is 279 g/mol.